The molecule has 1 N–H and O–H groups in total. The van der Waals surface area contributed by atoms with Gasteiger partial charge in [-0.15, -0.1) is 0 Å². The Labute approximate surface area is 134 Å². The maximum atomic E-state index is 13.1. The standard InChI is InChI=1S/C14H18ClFN2O3S/c1-9(17-10-3-4-13(16)12(15)7-10)14(19)18(2)11-5-6-22(20,21)8-11/h3-4,7,9,11,17H,5-6,8H2,1-2H3/t9-,11-/m0/s1. The monoisotopic (exact) mass is 348 g/mol. The number of anilines is 1. The van der Waals surface area contributed by atoms with E-state index in [0.717, 1.165) is 0 Å². The third-order valence-corrected chi connectivity index (χ3v) is 5.82. The lowest BCUT2D eigenvalue weighted by Crippen LogP contribution is -2.45. The summed E-state index contributed by atoms with van der Waals surface area (Å²) in [7, 11) is -1.44. The molecule has 0 spiro atoms. The van der Waals surface area contributed by atoms with Crippen LogP contribution in [0.25, 0.3) is 0 Å². The van der Waals surface area contributed by atoms with Crippen molar-refractivity contribution in [3.8, 4) is 0 Å². The molecule has 0 aliphatic carbocycles. The van der Waals surface area contributed by atoms with Crippen molar-refractivity contribution in [2.45, 2.75) is 25.4 Å². The summed E-state index contributed by atoms with van der Waals surface area (Å²) in [6.07, 6.45) is 0.458. The van der Waals surface area contributed by atoms with Gasteiger partial charge in [0.25, 0.3) is 0 Å². The molecule has 0 radical (unpaired) electrons. The van der Waals surface area contributed by atoms with Gasteiger partial charge in [0.2, 0.25) is 5.91 Å². The van der Waals surface area contributed by atoms with Crippen LogP contribution >= 0.6 is 11.6 Å². The smallest absolute Gasteiger partial charge is 0.244 e. The zero-order chi connectivity index (χ0) is 16.5. The average Bonchev–Trinajstić information content (AvgIpc) is 2.81. The molecule has 1 saturated heterocycles. The molecule has 22 heavy (non-hydrogen) atoms. The Morgan fingerprint density at radius 3 is 2.73 bits per heavy atom. The number of halogens is 2. The van der Waals surface area contributed by atoms with E-state index in [4.69, 9.17) is 11.6 Å². The van der Waals surface area contributed by atoms with E-state index in [1.165, 1.54) is 23.1 Å². The lowest BCUT2D eigenvalue weighted by Gasteiger charge is -2.27. The minimum Gasteiger partial charge on any atom is -0.374 e. The van der Waals surface area contributed by atoms with Crippen LogP contribution < -0.4 is 5.32 Å². The van der Waals surface area contributed by atoms with Crippen molar-refractivity contribution in [1.29, 1.82) is 0 Å². The Morgan fingerprint density at radius 1 is 1.50 bits per heavy atom. The molecule has 1 aliphatic rings. The van der Waals surface area contributed by atoms with Crippen LogP contribution in [-0.4, -0.2) is 49.9 Å². The second-order valence-corrected chi connectivity index (χ2v) is 8.14. The average molecular weight is 349 g/mol. The molecule has 2 rings (SSSR count). The van der Waals surface area contributed by atoms with Crippen LogP contribution in [0.15, 0.2) is 18.2 Å². The van der Waals surface area contributed by atoms with Crippen molar-refractivity contribution in [3.63, 3.8) is 0 Å². The molecule has 0 aromatic heterocycles. The maximum Gasteiger partial charge on any atom is 0.244 e. The van der Waals surface area contributed by atoms with E-state index in [1.807, 2.05) is 0 Å². The van der Waals surface area contributed by atoms with Crippen LogP contribution in [0.1, 0.15) is 13.3 Å². The van der Waals surface area contributed by atoms with Crippen LogP contribution in [0, 0.1) is 5.82 Å². The number of carbonyl (C=O) groups excluding carboxylic acids is 1. The molecule has 2 atom stereocenters. The first-order valence-corrected chi connectivity index (χ1v) is 9.08. The Kier molecular flexibility index (Phi) is 4.97. The molecule has 1 heterocycles. The van der Waals surface area contributed by atoms with Gasteiger partial charge in [0.15, 0.2) is 9.84 Å². The first-order valence-electron chi connectivity index (χ1n) is 6.88. The van der Waals surface area contributed by atoms with E-state index >= 15 is 0 Å². The summed E-state index contributed by atoms with van der Waals surface area (Å²) in [6, 6.07) is 3.24. The fourth-order valence-corrected chi connectivity index (χ4v) is 4.42. The minimum atomic E-state index is -3.04. The Hall–Kier alpha value is -1.34. The summed E-state index contributed by atoms with van der Waals surface area (Å²) in [5.74, 6) is -0.628. The normalized spacial score (nSPS) is 21.4. The predicted molar refractivity (Wildman–Crippen MR) is 84.3 cm³/mol. The summed E-state index contributed by atoms with van der Waals surface area (Å²) >= 11 is 5.70. The van der Waals surface area contributed by atoms with E-state index in [2.05, 4.69) is 5.32 Å². The molecule has 1 fully saturated rings. The van der Waals surface area contributed by atoms with Gasteiger partial charge in [0.1, 0.15) is 11.9 Å². The summed E-state index contributed by atoms with van der Waals surface area (Å²) in [5, 5.41) is 2.92. The van der Waals surface area contributed by atoms with Gasteiger partial charge in [0, 0.05) is 18.8 Å². The zero-order valence-electron chi connectivity index (χ0n) is 12.3. The van der Waals surface area contributed by atoms with Crippen LogP contribution in [0.5, 0.6) is 0 Å². The van der Waals surface area contributed by atoms with Crippen LogP contribution in [0.4, 0.5) is 10.1 Å². The van der Waals surface area contributed by atoms with E-state index in [-0.39, 0.29) is 28.5 Å². The fourth-order valence-electron chi connectivity index (χ4n) is 2.46. The van der Waals surface area contributed by atoms with E-state index in [0.29, 0.717) is 12.1 Å². The summed E-state index contributed by atoms with van der Waals surface area (Å²) < 4.78 is 36.1. The minimum absolute atomic E-state index is 0.00430. The maximum absolute atomic E-state index is 13.1. The third-order valence-electron chi connectivity index (χ3n) is 3.78. The highest BCUT2D eigenvalue weighted by atomic mass is 35.5. The van der Waals surface area contributed by atoms with E-state index < -0.39 is 21.7 Å². The van der Waals surface area contributed by atoms with Crippen molar-refractivity contribution in [1.82, 2.24) is 4.90 Å². The van der Waals surface area contributed by atoms with Crippen LogP contribution in [-0.2, 0) is 14.6 Å². The lowest BCUT2D eigenvalue weighted by molar-refractivity contribution is -0.132. The number of hydrogen-bond donors (Lipinski definition) is 1. The number of hydrogen-bond acceptors (Lipinski definition) is 4. The first-order chi connectivity index (χ1) is 10.2. The number of rotatable bonds is 4. The molecule has 122 valence electrons. The quantitative estimate of drug-likeness (QED) is 0.902. The van der Waals surface area contributed by atoms with Crippen LogP contribution in [0.3, 0.4) is 0 Å². The molecule has 5 nitrogen and oxygen atoms in total. The SMILES string of the molecule is C[C@H](Nc1ccc(F)c(Cl)c1)C(=O)N(C)[C@H]1CCS(=O)(=O)C1. The van der Waals surface area contributed by atoms with E-state index in [9.17, 15) is 17.6 Å². The highest BCUT2D eigenvalue weighted by molar-refractivity contribution is 7.91. The number of carbonyl (C=O) groups is 1. The van der Waals surface area contributed by atoms with Gasteiger partial charge < -0.3 is 10.2 Å². The molecule has 0 saturated carbocycles. The molecule has 0 bridgehead atoms. The molecular weight excluding hydrogens is 331 g/mol. The second kappa shape index (κ2) is 6.42. The van der Waals surface area contributed by atoms with E-state index in [1.54, 1.807) is 14.0 Å². The van der Waals surface area contributed by atoms with Gasteiger partial charge in [-0.1, -0.05) is 11.6 Å². The molecule has 1 aliphatic heterocycles. The molecule has 1 aromatic carbocycles. The number of likely N-dealkylation sites (N-methyl/N-ethyl adjacent to an activating group) is 1. The third kappa shape index (κ3) is 3.89. The second-order valence-electron chi connectivity index (χ2n) is 5.50. The van der Waals surface area contributed by atoms with Gasteiger partial charge in [-0.25, -0.2) is 12.8 Å². The number of nitrogens with zero attached hydrogens (tertiary/aromatic N) is 1. The summed E-state index contributed by atoms with van der Waals surface area (Å²) in [4.78, 5) is 13.8. The number of sulfone groups is 1. The van der Waals surface area contributed by atoms with Crippen LogP contribution in [0.2, 0.25) is 5.02 Å². The highest BCUT2D eigenvalue weighted by Gasteiger charge is 2.34. The van der Waals surface area contributed by atoms with Crippen molar-refractivity contribution < 1.29 is 17.6 Å². The fraction of sp³-hybridized carbons (Fsp3) is 0.500. The van der Waals surface area contributed by atoms with Crippen molar-refractivity contribution in [3.05, 3.63) is 29.0 Å². The predicted octanol–water partition coefficient (Wildman–Crippen LogP) is 1.92. The lowest BCUT2D eigenvalue weighted by atomic mass is 10.2. The molecular formula is C14H18ClFN2O3S. The largest absolute Gasteiger partial charge is 0.374 e. The topological polar surface area (TPSA) is 66.5 Å². The highest BCUT2D eigenvalue weighted by Crippen LogP contribution is 2.21. The Balaban J connectivity index is 2.01. The van der Waals surface area contributed by atoms with Crippen molar-refractivity contribution >= 4 is 33.0 Å². The van der Waals surface area contributed by atoms with Crippen molar-refractivity contribution in [2.75, 3.05) is 23.9 Å². The van der Waals surface area contributed by atoms with Gasteiger partial charge in [-0.05, 0) is 31.5 Å². The number of benzene rings is 1. The Bertz CT molecular complexity index is 681. The van der Waals surface area contributed by atoms with Gasteiger partial charge in [-0.2, -0.15) is 0 Å². The van der Waals surface area contributed by atoms with Gasteiger partial charge in [0.05, 0.1) is 16.5 Å². The number of nitrogens with one attached hydrogen (secondary N) is 1. The molecule has 0 unspecified atom stereocenters. The van der Waals surface area contributed by atoms with Gasteiger partial charge in [-0.3, -0.25) is 4.79 Å². The van der Waals surface area contributed by atoms with Gasteiger partial charge >= 0.3 is 0 Å². The Morgan fingerprint density at radius 2 is 2.18 bits per heavy atom. The first kappa shape index (κ1) is 17.0. The zero-order valence-corrected chi connectivity index (χ0v) is 13.9. The number of amides is 1. The summed E-state index contributed by atoms with van der Waals surface area (Å²) in [6.45, 7) is 1.67. The summed E-state index contributed by atoms with van der Waals surface area (Å²) in [5.41, 5.74) is 0.527. The van der Waals surface area contributed by atoms with Crippen molar-refractivity contribution in [2.24, 2.45) is 0 Å². The molecule has 1 amide bonds. The molecule has 8 heteroatoms. The molecule has 1 aromatic rings.